The summed E-state index contributed by atoms with van der Waals surface area (Å²) in [6, 6.07) is 12.4. The molecule has 0 saturated heterocycles. The molecule has 0 spiro atoms. The van der Waals surface area contributed by atoms with Crippen LogP contribution in [0.1, 0.15) is 16.8 Å². The lowest BCUT2D eigenvalue weighted by Gasteiger charge is -2.27. The molecule has 0 saturated carbocycles. The van der Waals surface area contributed by atoms with Gasteiger partial charge in [0.15, 0.2) is 5.71 Å². The van der Waals surface area contributed by atoms with Crippen LogP contribution in [0.25, 0.3) is 10.9 Å². The quantitative estimate of drug-likeness (QED) is 0.392. The lowest BCUT2D eigenvalue weighted by Crippen LogP contribution is -2.40. The van der Waals surface area contributed by atoms with Gasteiger partial charge in [0.1, 0.15) is 0 Å². The summed E-state index contributed by atoms with van der Waals surface area (Å²) in [4.78, 5) is 17.9. The molecular formula is C19H15Cl2N3O2. The second kappa shape index (κ2) is 6.67. The van der Waals surface area contributed by atoms with Gasteiger partial charge in [-0.25, -0.2) is 0 Å². The normalized spacial score (nSPS) is 14.5. The van der Waals surface area contributed by atoms with Crippen LogP contribution in [0, 0.1) is 0 Å². The summed E-state index contributed by atoms with van der Waals surface area (Å²) in [7, 11) is 0. The van der Waals surface area contributed by atoms with E-state index in [0.717, 1.165) is 16.6 Å². The van der Waals surface area contributed by atoms with Gasteiger partial charge in [-0.05, 0) is 42.3 Å². The lowest BCUT2D eigenvalue weighted by atomic mass is 10.0. The van der Waals surface area contributed by atoms with Gasteiger partial charge in [-0.1, -0.05) is 40.5 Å². The number of hydrogen-bond donors (Lipinski definition) is 2. The fourth-order valence-electron chi connectivity index (χ4n) is 3.37. The van der Waals surface area contributed by atoms with E-state index in [0.29, 0.717) is 35.1 Å². The van der Waals surface area contributed by atoms with Gasteiger partial charge >= 0.3 is 0 Å². The lowest BCUT2D eigenvalue weighted by molar-refractivity contribution is -0.125. The highest BCUT2D eigenvalue weighted by molar-refractivity contribution is 6.45. The highest BCUT2D eigenvalue weighted by Crippen LogP contribution is 2.30. The Morgan fingerprint density at radius 1 is 1.12 bits per heavy atom. The van der Waals surface area contributed by atoms with Crippen LogP contribution < -0.4 is 0 Å². The third-order valence-corrected chi connectivity index (χ3v) is 5.13. The predicted octanol–water partition coefficient (Wildman–Crippen LogP) is 4.24. The largest absolute Gasteiger partial charge is 0.410 e. The van der Waals surface area contributed by atoms with E-state index in [1.165, 1.54) is 5.56 Å². The van der Waals surface area contributed by atoms with Gasteiger partial charge < -0.3 is 15.1 Å². The summed E-state index contributed by atoms with van der Waals surface area (Å²) < 4.78 is 0. The number of halogens is 2. The van der Waals surface area contributed by atoms with Gasteiger partial charge in [0.25, 0.3) is 5.91 Å². The van der Waals surface area contributed by atoms with E-state index in [9.17, 15) is 10.0 Å². The van der Waals surface area contributed by atoms with Crippen molar-refractivity contribution in [3.63, 3.8) is 0 Å². The second-order valence-corrected chi connectivity index (χ2v) is 7.08. The van der Waals surface area contributed by atoms with Crippen molar-refractivity contribution in [1.29, 1.82) is 0 Å². The zero-order valence-electron chi connectivity index (χ0n) is 13.7. The summed E-state index contributed by atoms with van der Waals surface area (Å²) in [6.45, 7) is 0.963. The number of amides is 1. The zero-order valence-corrected chi connectivity index (χ0v) is 15.2. The smallest absolute Gasteiger partial charge is 0.276 e. The SMILES string of the molecule is O=C(/C(=N/O)c1ccc(Cl)cc1)N1CCc2c([nH]c3ccc(Cl)cc23)C1. The van der Waals surface area contributed by atoms with E-state index >= 15 is 0 Å². The maximum absolute atomic E-state index is 12.9. The van der Waals surface area contributed by atoms with Crippen molar-refractivity contribution in [1.82, 2.24) is 9.88 Å². The number of carbonyl (C=O) groups excluding carboxylic acids is 1. The van der Waals surface area contributed by atoms with Crippen molar-refractivity contribution in [2.75, 3.05) is 6.54 Å². The molecule has 1 aliphatic rings. The first-order valence-corrected chi connectivity index (χ1v) is 8.88. The average molecular weight is 388 g/mol. The maximum Gasteiger partial charge on any atom is 0.276 e. The minimum absolute atomic E-state index is 0.00396. The number of oxime groups is 1. The standard InChI is InChI=1S/C19H15Cl2N3O2/c20-12-3-1-11(2-4-12)18(23-26)19(25)24-8-7-14-15-9-13(21)5-6-16(15)22-17(14)10-24/h1-6,9,22,26H,7-8,10H2/b23-18+. The molecule has 0 aliphatic carbocycles. The van der Waals surface area contributed by atoms with Crippen LogP contribution >= 0.6 is 23.2 Å². The first-order chi connectivity index (χ1) is 12.6. The molecule has 1 amide bonds. The van der Waals surface area contributed by atoms with E-state index < -0.39 is 0 Å². The highest BCUT2D eigenvalue weighted by Gasteiger charge is 2.27. The Labute approximate surface area is 159 Å². The minimum Gasteiger partial charge on any atom is -0.410 e. The molecular weight excluding hydrogens is 373 g/mol. The molecule has 0 unspecified atom stereocenters. The number of hydrogen-bond acceptors (Lipinski definition) is 3. The van der Waals surface area contributed by atoms with Gasteiger partial charge in [-0.15, -0.1) is 0 Å². The van der Waals surface area contributed by atoms with E-state index in [1.54, 1.807) is 29.2 Å². The Morgan fingerprint density at radius 3 is 2.58 bits per heavy atom. The summed E-state index contributed by atoms with van der Waals surface area (Å²) in [6.07, 6.45) is 0.709. The molecule has 5 nitrogen and oxygen atoms in total. The number of aromatic nitrogens is 1. The number of carbonyl (C=O) groups is 1. The monoisotopic (exact) mass is 387 g/mol. The number of benzene rings is 2. The van der Waals surface area contributed by atoms with Crippen LogP contribution in [-0.2, 0) is 17.8 Å². The van der Waals surface area contributed by atoms with Crippen molar-refractivity contribution in [2.24, 2.45) is 5.16 Å². The fourth-order valence-corrected chi connectivity index (χ4v) is 3.67. The highest BCUT2D eigenvalue weighted by atomic mass is 35.5. The molecule has 7 heteroatoms. The predicted molar refractivity (Wildman–Crippen MR) is 102 cm³/mol. The van der Waals surface area contributed by atoms with E-state index in [-0.39, 0.29) is 11.6 Å². The number of fused-ring (bicyclic) bond motifs is 3. The van der Waals surface area contributed by atoms with Crippen molar-refractivity contribution in [2.45, 2.75) is 13.0 Å². The molecule has 2 N–H and O–H groups in total. The Bertz CT molecular complexity index is 1030. The Hall–Kier alpha value is -2.50. The van der Waals surface area contributed by atoms with Crippen LogP contribution in [0.5, 0.6) is 0 Å². The summed E-state index contributed by atoms with van der Waals surface area (Å²) >= 11 is 12.0. The molecule has 2 heterocycles. The van der Waals surface area contributed by atoms with E-state index in [4.69, 9.17) is 23.2 Å². The third-order valence-electron chi connectivity index (χ3n) is 4.64. The second-order valence-electron chi connectivity index (χ2n) is 6.20. The third kappa shape index (κ3) is 2.93. The Kier molecular flexibility index (Phi) is 4.34. The molecule has 0 fully saturated rings. The van der Waals surface area contributed by atoms with Crippen molar-refractivity contribution >= 4 is 45.7 Å². The topological polar surface area (TPSA) is 68.7 Å². The first kappa shape index (κ1) is 16.9. The van der Waals surface area contributed by atoms with Crippen LogP contribution in [0.15, 0.2) is 47.6 Å². The van der Waals surface area contributed by atoms with Gasteiger partial charge in [0.05, 0.1) is 6.54 Å². The molecule has 132 valence electrons. The van der Waals surface area contributed by atoms with Crippen LogP contribution in [0.2, 0.25) is 10.0 Å². The van der Waals surface area contributed by atoms with Crippen LogP contribution in [0.3, 0.4) is 0 Å². The number of rotatable bonds is 2. The molecule has 2 aromatic carbocycles. The molecule has 26 heavy (non-hydrogen) atoms. The zero-order chi connectivity index (χ0) is 18.3. The minimum atomic E-state index is -0.322. The van der Waals surface area contributed by atoms with E-state index in [2.05, 4.69) is 10.1 Å². The summed E-state index contributed by atoms with van der Waals surface area (Å²) in [5, 5.41) is 14.9. The van der Waals surface area contributed by atoms with Crippen molar-refractivity contribution < 1.29 is 10.0 Å². The molecule has 0 radical (unpaired) electrons. The van der Waals surface area contributed by atoms with Crippen molar-refractivity contribution in [3.05, 3.63) is 69.3 Å². The molecule has 0 atom stereocenters. The van der Waals surface area contributed by atoms with Crippen molar-refractivity contribution in [3.8, 4) is 0 Å². The summed E-state index contributed by atoms with van der Waals surface area (Å²) in [5.41, 5.74) is 3.69. The first-order valence-electron chi connectivity index (χ1n) is 8.13. The summed E-state index contributed by atoms with van der Waals surface area (Å²) in [5.74, 6) is -0.322. The molecule has 1 aromatic heterocycles. The van der Waals surface area contributed by atoms with Gasteiger partial charge in [0.2, 0.25) is 0 Å². The molecule has 3 aromatic rings. The fraction of sp³-hybridized carbons (Fsp3) is 0.158. The maximum atomic E-state index is 12.9. The average Bonchev–Trinajstić information content (AvgIpc) is 3.00. The molecule has 1 aliphatic heterocycles. The Balaban J connectivity index is 1.62. The molecule has 0 bridgehead atoms. The Morgan fingerprint density at radius 2 is 1.85 bits per heavy atom. The number of nitrogens with one attached hydrogen (secondary N) is 1. The van der Waals surface area contributed by atoms with Crippen LogP contribution in [0.4, 0.5) is 0 Å². The number of nitrogens with zero attached hydrogens (tertiary/aromatic N) is 2. The number of aromatic amines is 1. The van der Waals surface area contributed by atoms with Gasteiger partial charge in [-0.2, -0.15) is 0 Å². The van der Waals surface area contributed by atoms with E-state index in [1.807, 2.05) is 18.2 Å². The van der Waals surface area contributed by atoms with Gasteiger partial charge in [0, 0.05) is 38.8 Å². The van der Waals surface area contributed by atoms with Gasteiger partial charge in [-0.3, -0.25) is 4.79 Å². The molecule has 4 rings (SSSR count). The van der Waals surface area contributed by atoms with Crippen LogP contribution in [-0.4, -0.2) is 33.3 Å². The number of H-pyrrole nitrogens is 1.